The predicted molar refractivity (Wildman–Crippen MR) is 75.0 cm³/mol. The minimum Gasteiger partial charge on any atom is -0.316 e. The van der Waals surface area contributed by atoms with Gasteiger partial charge >= 0.3 is 6.03 Å². The van der Waals surface area contributed by atoms with Gasteiger partial charge in [0, 0.05) is 19.2 Å². The second kappa shape index (κ2) is 5.10. The highest BCUT2D eigenvalue weighted by molar-refractivity contribution is 7.99. The summed E-state index contributed by atoms with van der Waals surface area (Å²) in [5.74, 6) is 0.688. The molecule has 3 rings (SSSR count). The number of amides is 3. The van der Waals surface area contributed by atoms with Gasteiger partial charge in [0.05, 0.1) is 19.3 Å². The van der Waals surface area contributed by atoms with Crippen LogP contribution in [0.15, 0.2) is 10.3 Å². The fourth-order valence-electron chi connectivity index (χ4n) is 2.14. The summed E-state index contributed by atoms with van der Waals surface area (Å²) in [5.41, 5.74) is 0.695. The third kappa shape index (κ3) is 2.18. The van der Waals surface area contributed by atoms with Gasteiger partial charge in [-0.2, -0.15) is 5.10 Å². The summed E-state index contributed by atoms with van der Waals surface area (Å²) in [7, 11) is 0. The van der Waals surface area contributed by atoms with Crippen molar-refractivity contribution in [2.75, 3.05) is 18.8 Å². The van der Waals surface area contributed by atoms with Crippen LogP contribution in [-0.2, 0) is 11.3 Å². The second-order valence-electron chi connectivity index (χ2n) is 4.39. The smallest absolute Gasteiger partial charge is 0.316 e. The number of hydrogen-bond donors (Lipinski definition) is 0. The molecule has 2 aliphatic heterocycles. The molecule has 0 radical (unpaired) electrons. The number of rotatable bonds is 2. The molecule has 2 aliphatic rings. The maximum Gasteiger partial charge on any atom is 0.347 e. The molecule has 20 heavy (non-hydrogen) atoms. The van der Waals surface area contributed by atoms with Crippen molar-refractivity contribution in [2.45, 2.75) is 18.6 Å². The summed E-state index contributed by atoms with van der Waals surface area (Å²) >= 11 is 7.70. The molecule has 0 bridgehead atoms. The van der Waals surface area contributed by atoms with Crippen molar-refractivity contribution in [1.82, 2.24) is 19.5 Å². The molecule has 106 valence electrons. The molecule has 3 heterocycles. The van der Waals surface area contributed by atoms with Gasteiger partial charge in [-0.1, -0.05) is 23.4 Å². The molecule has 7 nitrogen and oxygen atoms in total. The number of nitrogens with zero attached hydrogens (tertiary/aromatic N) is 5. The van der Waals surface area contributed by atoms with Crippen molar-refractivity contribution in [3.63, 3.8) is 0 Å². The van der Waals surface area contributed by atoms with Gasteiger partial charge in [-0.25, -0.2) is 14.8 Å². The van der Waals surface area contributed by atoms with Crippen LogP contribution in [0.1, 0.15) is 12.6 Å². The Bertz CT molecular complexity index is 614. The number of hydrogen-bond acceptors (Lipinski definition) is 5. The molecule has 1 saturated heterocycles. The number of urea groups is 1. The summed E-state index contributed by atoms with van der Waals surface area (Å²) < 4.78 is 1.97. The summed E-state index contributed by atoms with van der Waals surface area (Å²) in [6.07, 6.45) is 1.53. The number of halogens is 1. The number of carbonyl (C=O) groups excluding carboxylic acids is 2. The SMILES string of the molecule is CC(=O)N1CCN(/N=C/c2c(Cl)nc3n2CCS3)C1=O. The Morgan fingerprint density at radius 3 is 2.95 bits per heavy atom. The number of fused-ring (bicyclic) bond motifs is 1. The molecule has 0 saturated carbocycles. The lowest BCUT2D eigenvalue weighted by Crippen LogP contribution is -2.32. The normalized spacial score (nSPS) is 18.4. The zero-order chi connectivity index (χ0) is 14.3. The number of imidazole rings is 1. The molecule has 1 fully saturated rings. The van der Waals surface area contributed by atoms with Crippen molar-refractivity contribution in [1.29, 1.82) is 0 Å². The molecular weight excluding hydrogens is 302 g/mol. The first-order chi connectivity index (χ1) is 9.58. The number of imide groups is 1. The van der Waals surface area contributed by atoms with Crippen LogP contribution in [0.3, 0.4) is 0 Å². The van der Waals surface area contributed by atoms with E-state index in [1.165, 1.54) is 18.1 Å². The van der Waals surface area contributed by atoms with Crippen LogP contribution >= 0.6 is 23.4 Å². The van der Waals surface area contributed by atoms with E-state index < -0.39 is 6.03 Å². The van der Waals surface area contributed by atoms with Gasteiger partial charge < -0.3 is 4.57 Å². The van der Waals surface area contributed by atoms with Crippen LogP contribution in [0.25, 0.3) is 0 Å². The first kappa shape index (κ1) is 13.4. The average molecular weight is 314 g/mol. The molecule has 0 N–H and O–H groups in total. The third-order valence-corrected chi connectivity index (χ3v) is 4.39. The first-order valence-electron chi connectivity index (χ1n) is 6.10. The molecule has 0 atom stereocenters. The number of aromatic nitrogens is 2. The largest absolute Gasteiger partial charge is 0.347 e. The van der Waals surface area contributed by atoms with Gasteiger partial charge in [0.1, 0.15) is 5.69 Å². The van der Waals surface area contributed by atoms with E-state index >= 15 is 0 Å². The van der Waals surface area contributed by atoms with E-state index in [9.17, 15) is 9.59 Å². The summed E-state index contributed by atoms with van der Waals surface area (Å²) in [4.78, 5) is 28.5. The molecule has 0 spiro atoms. The lowest BCUT2D eigenvalue weighted by atomic mass is 10.5. The zero-order valence-corrected chi connectivity index (χ0v) is 12.3. The van der Waals surface area contributed by atoms with Crippen LogP contribution in [-0.4, -0.2) is 56.5 Å². The Labute approximate surface area is 124 Å². The Morgan fingerprint density at radius 2 is 2.25 bits per heavy atom. The Balaban J connectivity index is 1.79. The highest BCUT2D eigenvalue weighted by atomic mass is 35.5. The van der Waals surface area contributed by atoms with Crippen LogP contribution in [0, 0.1) is 0 Å². The summed E-state index contributed by atoms with van der Waals surface area (Å²) in [5, 5.41) is 6.64. The fourth-order valence-corrected chi connectivity index (χ4v) is 3.38. The van der Waals surface area contributed by atoms with E-state index in [1.54, 1.807) is 11.8 Å². The zero-order valence-electron chi connectivity index (χ0n) is 10.7. The van der Waals surface area contributed by atoms with Gasteiger partial charge in [-0.05, 0) is 0 Å². The average Bonchev–Trinajstić information content (AvgIpc) is 3.03. The van der Waals surface area contributed by atoms with Gasteiger partial charge in [0.25, 0.3) is 0 Å². The van der Waals surface area contributed by atoms with Crippen LogP contribution < -0.4 is 0 Å². The van der Waals surface area contributed by atoms with E-state index in [-0.39, 0.29) is 5.91 Å². The quantitative estimate of drug-likeness (QED) is 0.771. The van der Waals surface area contributed by atoms with Gasteiger partial charge in [-0.15, -0.1) is 0 Å². The van der Waals surface area contributed by atoms with Gasteiger partial charge in [0.2, 0.25) is 5.91 Å². The maximum absolute atomic E-state index is 11.9. The van der Waals surface area contributed by atoms with Crippen molar-refractivity contribution >= 4 is 41.5 Å². The lowest BCUT2D eigenvalue weighted by molar-refractivity contribution is -0.125. The second-order valence-corrected chi connectivity index (χ2v) is 5.81. The first-order valence-corrected chi connectivity index (χ1v) is 7.46. The van der Waals surface area contributed by atoms with E-state index in [0.29, 0.717) is 23.9 Å². The minimum absolute atomic E-state index is 0.271. The van der Waals surface area contributed by atoms with Crippen molar-refractivity contribution < 1.29 is 9.59 Å². The number of thioether (sulfide) groups is 1. The molecule has 1 aromatic rings. The maximum atomic E-state index is 11.9. The molecule has 0 aliphatic carbocycles. The topological polar surface area (TPSA) is 70.8 Å². The minimum atomic E-state index is -0.402. The van der Waals surface area contributed by atoms with Gasteiger partial charge in [0.15, 0.2) is 10.3 Å². The van der Waals surface area contributed by atoms with Gasteiger partial charge in [-0.3, -0.25) is 9.69 Å². The number of carbonyl (C=O) groups is 2. The standard InChI is InChI=1S/C11H12ClN5O2S/c1-7(18)15-2-3-17(11(15)19)13-6-8-9(12)14-10-16(8)4-5-20-10/h6H,2-5H2,1H3/b13-6+. The Morgan fingerprint density at radius 1 is 1.45 bits per heavy atom. The molecule has 1 aromatic heterocycles. The van der Waals surface area contributed by atoms with E-state index in [0.717, 1.165) is 22.4 Å². The van der Waals surface area contributed by atoms with Crippen LogP contribution in [0.5, 0.6) is 0 Å². The van der Waals surface area contributed by atoms with E-state index in [4.69, 9.17) is 11.6 Å². The molecule has 0 unspecified atom stereocenters. The fraction of sp³-hybridized carbons (Fsp3) is 0.455. The third-order valence-electron chi connectivity index (χ3n) is 3.16. The van der Waals surface area contributed by atoms with E-state index in [2.05, 4.69) is 10.1 Å². The molecule has 9 heteroatoms. The highest BCUT2D eigenvalue weighted by Crippen LogP contribution is 2.29. The van der Waals surface area contributed by atoms with Crippen molar-refractivity contribution in [2.24, 2.45) is 5.10 Å². The summed E-state index contributed by atoms with van der Waals surface area (Å²) in [6, 6.07) is -0.402. The predicted octanol–water partition coefficient (Wildman–Crippen LogP) is 1.26. The number of hydrazone groups is 1. The highest BCUT2D eigenvalue weighted by Gasteiger charge is 2.31. The van der Waals surface area contributed by atoms with E-state index in [1.807, 2.05) is 4.57 Å². The molecule has 0 aromatic carbocycles. The Kier molecular flexibility index (Phi) is 3.43. The van der Waals surface area contributed by atoms with Crippen molar-refractivity contribution in [3.8, 4) is 0 Å². The Hall–Kier alpha value is -1.54. The van der Waals surface area contributed by atoms with Crippen LogP contribution in [0.4, 0.5) is 4.79 Å². The summed E-state index contributed by atoms with van der Waals surface area (Å²) in [6.45, 7) is 2.94. The van der Waals surface area contributed by atoms with Crippen LogP contribution in [0.2, 0.25) is 5.15 Å². The monoisotopic (exact) mass is 313 g/mol. The lowest BCUT2D eigenvalue weighted by Gasteiger charge is -2.11. The molecular formula is C11H12ClN5O2S. The molecule has 3 amide bonds. The van der Waals surface area contributed by atoms with Crippen molar-refractivity contribution in [3.05, 3.63) is 10.8 Å².